The minimum atomic E-state index is -0.594. The number of benzene rings is 1. The Balaban J connectivity index is 1.83. The molecule has 2 heterocycles. The molecule has 3 rings (SSSR count). The van der Waals surface area contributed by atoms with Crippen molar-refractivity contribution in [2.75, 3.05) is 12.4 Å². The van der Waals surface area contributed by atoms with Crippen LogP contribution in [-0.4, -0.2) is 42.5 Å². The molecule has 1 amide bonds. The molecule has 150 valence electrons. The number of aromatic nitrogens is 2. The number of nitrogens with one attached hydrogen (secondary N) is 1. The number of hydrogen-bond acceptors (Lipinski definition) is 7. The summed E-state index contributed by atoms with van der Waals surface area (Å²) in [6.45, 7) is 0. The van der Waals surface area contributed by atoms with Gasteiger partial charge in [0.2, 0.25) is 0 Å². The van der Waals surface area contributed by atoms with E-state index in [-0.39, 0.29) is 11.2 Å². The van der Waals surface area contributed by atoms with Crippen molar-refractivity contribution >= 4 is 42.9 Å². The predicted octanol–water partition coefficient (Wildman–Crippen LogP) is 2.58. The van der Waals surface area contributed by atoms with Crippen molar-refractivity contribution in [1.29, 1.82) is 0 Å². The first-order chi connectivity index (χ1) is 14.5. The standard InChI is InChI=1S/C21H18BN3O4S/c1-29-21(28)15-9-14(18(22)26)10-16(11-15)25-19(27)17-3-2-6-24-20(17)30-12-13-4-7-23-8-5-13/h2-11H,12,22H2,1H3,(H,25,27). The maximum atomic E-state index is 12.9. The van der Waals surface area contributed by atoms with Crippen LogP contribution in [0.4, 0.5) is 5.69 Å². The highest BCUT2D eigenvalue weighted by Crippen LogP contribution is 2.25. The molecule has 0 aliphatic carbocycles. The highest BCUT2D eigenvalue weighted by Gasteiger charge is 2.16. The number of methoxy groups -OCH3 is 1. The summed E-state index contributed by atoms with van der Waals surface area (Å²) in [6.07, 6.45) is 5.04. The first-order valence-corrected chi connectivity index (χ1v) is 9.99. The molecule has 0 unspecified atom stereocenters. The van der Waals surface area contributed by atoms with Crippen LogP contribution in [-0.2, 0) is 10.5 Å². The van der Waals surface area contributed by atoms with Gasteiger partial charge in [-0.3, -0.25) is 9.78 Å². The third-order valence-corrected chi connectivity index (χ3v) is 5.24. The largest absolute Gasteiger partial charge is 0.465 e. The Morgan fingerprint density at radius 3 is 2.50 bits per heavy atom. The van der Waals surface area contributed by atoms with Crippen molar-refractivity contribution in [1.82, 2.24) is 9.97 Å². The zero-order valence-corrected chi connectivity index (χ0v) is 17.2. The van der Waals surface area contributed by atoms with Crippen molar-refractivity contribution in [2.45, 2.75) is 10.8 Å². The lowest BCUT2D eigenvalue weighted by molar-refractivity contribution is 0.0600. The summed E-state index contributed by atoms with van der Waals surface area (Å²) < 4.78 is 4.73. The van der Waals surface area contributed by atoms with E-state index >= 15 is 0 Å². The zero-order valence-electron chi connectivity index (χ0n) is 16.4. The summed E-state index contributed by atoms with van der Waals surface area (Å²) in [4.78, 5) is 44.9. The normalized spacial score (nSPS) is 10.3. The van der Waals surface area contributed by atoms with Crippen LogP contribution in [0.15, 0.2) is 66.1 Å². The molecule has 0 bridgehead atoms. The van der Waals surface area contributed by atoms with E-state index in [1.807, 2.05) is 12.1 Å². The van der Waals surface area contributed by atoms with Gasteiger partial charge in [0.25, 0.3) is 5.91 Å². The van der Waals surface area contributed by atoms with Gasteiger partial charge in [0.1, 0.15) is 10.7 Å². The lowest BCUT2D eigenvalue weighted by atomic mass is 9.93. The number of anilines is 1. The third kappa shape index (κ3) is 5.33. The Bertz CT molecular complexity index is 1090. The van der Waals surface area contributed by atoms with Gasteiger partial charge in [0.05, 0.1) is 18.2 Å². The Kier molecular flexibility index (Phi) is 6.97. The lowest BCUT2D eigenvalue weighted by Gasteiger charge is -2.11. The molecule has 0 saturated heterocycles. The fourth-order valence-electron chi connectivity index (χ4n) is 2.65. The van der Waals surface area contributed by atoms with Gasteiger partial charge in [-0.1, -0.05) is 0 Å². The van der Waals surface area contributed by atoms with Crippen LogP contribution < -0.4 is 5.32 Å². The first kappa shape index (κ1) is 21.3. The second-order valence-corrected chi connectivity index (χ2v) is 7.27. The number of carbonyl (C=O) groups excluding carboxylic acids is 3. The minimum absolute atomic E-state index is 0.180. The monoisotopic (exact) mass is 419 g/mol. The number of esters is 1. The highest BCUT2D eigenvalue weighted by molar-refractivity contribution is 7.98. The number of amides is 1. The smallest absolute Gasteiger partial charge is 0.337 e. The quantitative estimate of drug-likeness (QED) is 0.357. The molecular weight excluding hydrogens is 401 g/mol. The molecule has 30 heavy (non-hydrogen) atoms. The average Bonchev–Trinajstić information content (AvgIpc) is 2.77. The van der Waals surface area contributed by atoms with Crippen molar-refractivity contribution in [3.05, 3.63) is 83.3 Å². The Morgan fingerprint density at radius 1 is 1.07 bits per heavy atom. The van der Waals surface area contributed by atoms with Crippen LogP contribution in [0, 0.1) is 0 Å². The maximum Gasteiger partial charge on any atom is 0.337 e. The van der Waals surface area contributed by atoms with E-state index in [4.69, 9.17) is 4.74 Å². The van der Waals surface area contributed by atoms with Gasteiger partial charge < -0.3 is 14.8 Å². The summed E-state index contributed by atoms with van der Waals surface area (Å²) >= 11 is 1.43. The summed E-state index contributed by atoms with van der Waals surface area (Å²) in [7, 11) is 2.64. The second-order valence-electron chi connectivity index (χ2n) is 6.30. The number of thioether (sulfide) groups is 1. The Hall–Kier alpha value is -3.46. The van der Waals surface area contributed by atoms with Gasteiger partial charge in [-0.2, -0.15) is 0 Å². The summed E-state index contributed by atoms with van der Waals surface area (Å²) in [5.41, 5.74) is 2.02. The third-order valence-electron chi connectivity index (χ3n) is 4.16. The van der Waals surface area contributed by atoms with Crippen LogP contribution in [0.2, 0.25) is 0 Å². The molecule has 0 radical (unpaired) electrons. The summed E-state index contributed by atoms with van der Waals surface area (Å²) in [5.74, 6) is -0.355. The Labute approximate surface area is 178 Å². The molecule has 3 aromatic rings. The molecule has 0 spiro atoms. The number of ether oxygens (including phenoxy) is 1. The van der Waals surface area contributed by atoms with Crippen molar-refractivity contribution in [3.8, 4) is 0 Å². The topological polar surface area (TPSA) is 98.3 Å². The summed E-state index contributed by atoms with van der Waals surface area (Å²) in [5, 5.41) is 3.32. The van der Waals surface area contributed by atoms with E-state index < -0.39 is 11.9 Å². The molecule has 0 fully saturated rings. The van der Waals surface area contributed by atoms with Gasteiger partial charge in [0, 0.05) is 35.6 Å². The van der Waals surface area contributed by atoms with Crippen LogP contribution in [0.25, 0.3) is 0 Å². The molecular formula is C21H18BN3O4S. The lowest BCUT2D eigenvalue weighted by Crippen LogP contribution is -2.15. The van der Waals surface area contributed by atoms with Gasteiger partial charge in [-0.25, -0.2) is 9.78 Å². The number of nitrogens with zero attached hydrogens (tertiary/aromatic N) is 2. The molecule has 1 aromatic carbocycles. The predicted molar refractivity (Wildman–Crippen MR) is 117 cm³/mol. The first-order valence-electron chi connectivity index (χ1n) is 9.00. The van der Waals surface area contributed by atoms with Gasteiger partial charge in [-0.05, 0) is 48.0 Å². The van der Waals surface area contributed by atoms with Gasteiger partial charge in [0.15, 0.2) is 7.85 Å². The number of rotatable bonds is 7. The van der Waals surface area contributed by atoms with Gasteiger partial charge >= 0.3 is 5.97 Å². The SMILES string of the molecule is BC(=O)c1cc(NC(=O)c2cccnc2SCc2ccncc2)cc(C(=O)OC)c1. The van der Waals surface area contributed by atoms with E-state index in [1.165, 1.54) is 44.9 Å². The van der Waals surface area contributed by atoms with Crippen molar-refractivity contribution < 1.29 is 19.1 Å². The van der Waals surface area contributed by atoms with Crippen LogP contribution >= 0.6 is 11.8 Å². The van der Waals surface area contributed by atoms with Gasteiger partial charge in [-0.15, -0.1) is 11.8 Å². The molecule has 7 nitrogen and oxygen atoms in total. The maximum absolute atomic E-state index is 12.9. The van der Waals surface area contributed by atoms with E-state index in [9.17, 15) is 14.4 Å². The summed E-state index contributed by atoms with van der Waals surface area (Å²) in [6, 6.07) is 11.6. The van der Waals surface area contributed by atoms with Crippen LogP contribution in [0.1, 0.15) is 36.6 Å². The van der Waals surface area contributed by atoms with E-state index in [0.29, 0.717) is 27.6 Å². The average molecular weight is 419 g/mol. The zero-order chi connectivity index (χ0) is 21.5. The molecule has 0 atom stereocenters. The fraction of sp³-hybridized carbons (Fsp3) is 0.0952. The molecule has 9 heteroatoms. The molecule has 2 aromatic heterocycles. The fourth-order valence-corrected chi connectivity index (χ4v) is 3.59. The molecule has 0 aliphatic rings. The van der Waals surface area contributed by atoms with Crippen LogP contribution in [0.5, 0.6) is 0 Å². The molecule has 1 N–H and O–H groups in total. The number of carbonyl (C=O) groups is 3. The molecule has 0 aliphatic heterocycles. The second kappa shape index (κ2) is 9.84. The van der Waals surface area contributed by atoms with E-state index in [0.717, 1.165) is 5.56 Å². The van der Waals surface area contributed by atoms with Crippen LogP contribution in [0.3, 0.4) is 0 Å². The number of hydrogen-bond donors (Lipinski definition) is 1. The minimum Gasteiger partial charge on any atom is -0.465 e. The Morgan fingerprint density at radius 2 is 1.80 bits per heavy atom. The number of pyridine rings is 2. The van der Waals surface area contributed by atoms with E-state index in [2.05, 4.69) is 15.3 Å². The van der Waals surface area contributed by atoms with E-state index in [1.54, 1.807) is 30.7 Å². The van der Waals surface area contributed by atoms with Crippen molar-refractivity contribution in [2.24, 2.45) is 0 Å². The van der Waals surface area contributed by atoms with Crippen molar-refractivity contribution in [3.63, 3.8) is 0 Å². The highest BCUT2D eigenvalue weighted by atomic mass is 32.2. The molecule has 0 saturated carbocycles.